The lowest BCUT2D eigenvalue weighted by molar-refractivity contribution is 0.0952. The molecule has 0 aliphatic heterocycles. The topological polar surface area (TPSA) is 76.1 Å². The minimum absolute atomic E-state index is 0.0597. The van der Waals surface area contributed by atoms with Crippen LogP contribution in [0.15, 0.2) is 30.6 Å². The lowest BCUT2D eigenvalue weighted by atomic mass is 9.87. The number of fused-ring (bicyclic) bond motifs is 2. The molecule has 29 heavy (non-hydrogen) atoms. The summed E-state index contributed by atoms with van der Waals surface area (Å²) in [5.41, 5.74) is 3.68. The Kier molecular flexibility index (Phi) is 6.06. The number of nitrogens with zero attached hydrogens (tertiary/aromatic N) is 2. The number of ether oxygens (including phenoxy) is 1. The zero-order chi connectivity index (χ0) is 20.2. The third-order valence-electron chi connectivity index (χ3n) is 5.42. The summed E-state index contributed by atoms with van der Waals surface area (Å²) < 4.78 is 5.04. The third kappa shape index (κ3) is 4.11. The van der Waals surface area contributed by atoms with Crippen molar-refractivity contribution >= 4 is 33.3 Å². The van der Waals surface area contributed by atoms with Gasteiger partial charge < -0.3 is 15.4 Å². The Morgan fingerprint density at radius 3 is 3.03 bits per heavy atom. The summed E-state index contributed by atoms with van der Waals surface area (Å²) in [7, 11) is 1.66. The first-order valence-electron chi connectivity index (χ1n) is 10.0. The van der Waals surface area contributed by atoms with Gasteiger partial charge >= 0.3 is 0 Å². The van der Waals surface area contributed by atoms with E-state index in [1.807, 2.05) is 6.92 Å². The maximum Gasteiger partial charge on any atom is 0.261 e. The highest BCUT2D eigenvalue weighted by atomic mass is 32.1. The minimum Gasteiger partial charge on any atom is -0.385 e. The number of aromatic nitrogens is 2. The zero-order valence-corrected chi connectivity index (χ0v) is 17.6. The molecule has 2 heterocycles. The Bertz CT molecular complexity index is 1020. The molecule has 7 heteroatoms. The van der Waals surface area contributed by atoms with Gasteiger partial charge in [0, 0.05) is 20.3 Å². The van der Waals surface area contributed by atoms with E-state index < -0.39 is 0 Å². The van der Waals surface area contributed by atoms with E-state index in [1.165, 1.54) is 22.5 Å². The van der Waals surface area contributed by atoms with E-state index in [0.29, 0.717) is 18.0 Å². The average molecular weight is 411 g/mol. The highest BCUT2D eigenvalue weighted by Gasteiger charge is 2.23. The molecule has 1 aromatic carbocycles. The second-order valence-corrected chi connectivity index (χ2v) is 8.35. The Hall–Kier alpha value is -2.51. The number of thiophene rings is 1. The van der Waals surface area contributed by atoms with Crippen LogP contribution >= 0.6 is 11.3 Å². The van der Waals surface area contributed by atoms with Gasteiger partial charge in [-0.25, -0.2) is 9.97 Å². The van der Waals surface area contributed by atoms with E-state index >= 15 is 0 Å². The lowest BCUT2D eigenvalue weighted by Crippen LogP contribution is -2.24. The number of hydrogen-bond acceptors (Lipinski definition) is 6. The van der Waals surface area contributed by atoms with Gasteiger partial charge in [-0.3, -0.25) is 4.79 Å². The van der Waals surface area contributed by atoms with Gasteiger partial charge in [0.1, 0.15) is 17.0 Å². The number of rotatable bonds is 7. The van der Waals surface area contributed by atoms with Gasteiger partial charge in [-0.1, -0.05) is 24.3 Å². The van der Waals surface area contributed by atoms with Gasteiger partial charge in [-0.05, 0) is 49.3 Å². The number of anilines is 1. The van der Waals surface area contributed by atoms with Crippen molar-refractivity contribution in [3.05, 3.63) is 52.2 Å². The van der Waals surface area contributed by atoms with Crippen molar-refractivity contribution in [3.63, 3.8) is 0 Å². The van der Waals surface area contributed by atoms with Gasteiger partial charge in [-0.15, -0.1) is 11.3 Å². The van der Waals surface area contributed by atoms with Gasteiger partial charge in [-0.2, -0.15) is 0 Å². The highest BCUT2D eigenvalue weighted by Crippen LogP contribution is 2.37. The number of carbonyl (C=O) groups excluding carboxylic acids is 1. The van der Waals surface area contributed by atoms with Crippen molar-refractivity contribution in [2.24, 2.45) is 0 Å². The quantitative estimate of drug-likeness (QED) is 0.569. The SMILES string of the molecule is COCCCNC(=O)c1sc2ncnc(N[C@H]3CCCc4ccccc43)c2c1C. The maximum atomic E-state index is 12.7. The molecule has 1 amide bonds. The summed E-state index contributed by atoms with van der Waals surface area (Å²) in [4.78, 5) is 23.1. The molecular weight excluding hydrogens is 384 g/mol. The van der Waals surface area contributed by atoms with Crippen molar-refractivity contribution in [2.75, 3.05) is 25.6 Å². The molecule has 0 saturated carbocycles. The van der Waals surface area contributed by atoms with Gasteiger partial charge in [0.2, 0.25) is 0 Å². The molecule has 3 aromatic rings. The Balaban J connectivity index is 1.60. The first-order valence-corrected chi connectivity index (χ1v) is 10.9. The molecule has 0 bridgehead atoms. The summed E-state index contributed by atoms with van der Waals surface area (Å²) in [6, 6.07) is 8.83. The summed E-state index contributed by atoms with van der Waals surface area (Å²) in [5, 5.41) is 7.56. The molecule has 0 unspecified atom stereocenters. The number of aryl methyl sites for hydroxylation is 2. The van der Waals surface area contributed by atoms with Crippen LogP contribution in [-0.4, -0.2) is 36.1 Å². The summed E-state index contributed by atoms with van der Waals surface area (Å²) in [6.07, 6.45) is 5.72. The van der Waals surface area contributed by atoms with E-state index in [-0.39, 0.29) is 11.9 Å². The van der Waals surface area contributed by atoms with Crippen LogP contribution in [0.25, 0.3) is 10.2 Å². The molecule has 0 spiro atoms. The molecule has 0 saturated heterocycles. The maximum absolute atomic E-state index is 12.7. The normalized spacial score (nSPS) is 15.9. The molecule has 6 nitrogen and oxygen atoms in total. The van der Waals surface area contributed by atoms with E-state index in [9.17, 15) is 4.79 Å². The van der Waals surface area contributed by atoms with E-state index in [2.05, 4.69) is 44.9 Å². The predicted octanol–water partition coefficient (Wildman–Crippen LogP) is 4.26. The van der Waals surface area contributed by atoms with Crippen LogP contribution in [0.1, 0.15) is 51.7 Å². The van der Waals surface area contributed by atoms with Crippen molar-refractivity contribution < 1.29 is 9.53 Å². The molecule has 0 fully saturated rings. The third-order valence-corrected chi connectivity index (χ3v) is 6.62. The second-order valence-electron chi connectivity index (χ2n) is 7.35. The van der Waals surface area contributed by atoms with Crippen LogP contribution in [0.2, 0.25) is 0 Å². The minimum atomic E-state index is -0.0597. The largest absolute Gasteiger partial charge is 0.385 e. The second kappa shape index (κ2) is 8.88. The number of hydrogen-bond donors (Lipinski definition) is 2. The molecule has 152 valence electrons. The van der Waals surface area contributed by atoms with Crippen LogP contribution < -0.4 is 10.6 Å². The van der Waals surface area contributed by atoms with Gasteiger partial charge in [0.25, 0.3) is 5.91 Å². The average Bonchev–Trinajstić information content (AvgIpc) is 3.09. The Morgan fingerprint density at radius 1 is 1.31 bits per heavy atom. The number of carbonyl (C=O) groups is 1. The highest BCUT2D eigenvalue weighted by molar-refractivity contribution is 7.20. The molecule has 1 aliphatic rings. The number of benzene rings is 1. The van der Waals surface area contributed by atoms with Crippen molar-refractivity contribution in [1.82, 2.24) is 15.3 Å². The predicted molar refractivity (Wildman–Crippen MR) is 117 cm³/mol. The Morgan fingerprint density at radius 2 is 2.17 bits per heavy atom. The van der Waals surface area contributed by atoms with Crippen LogP contribution in [0.3, 0.4) is 0 Å². The number of amides is 1. The lowest BCUT2D eigenvalue weighted by Gasteiger charge is -2.27. The van der Waals surface area contributed by atoms with Crippen LogP contribution in [0.5, 0.6) is 0 Å². The molecule has 1 aliphatic carbocycles. The van der Waals surface area contributed by atoms with E-state index in [1.54, 1.807) is 13.4 Å². The summed E-state index contributed by atoms with van der Waals surface area (Å²) in [5.74, 6) is 0.749. The molecule has 4 rings (SSSR count). The zero-order valence-electron chi connectivity index (χ0n) is 16.8. The van der Waals surface area contributed by atoms with Gasteiger partial charge in [0.15, 0.2) is 0 Å². The van der Waals surface area contributed by atoms with Gasteiger partial charge in [0.05, 0.1) is 16.3 Å². The fraction of sp³-hybridized carbons (Fsp3) is 0.409. The Labute approximate surface area is 174 Å². The number of nitrogens with one attached hydrogen (secondary N) is 2. The van der Waals surface area contributed by atoms with Crippen LogP contribution in [-0.2, 0) is 11.2 Å². The fourth-order valence-electron chi connectivity index (χ4n) is 3.97. The van der Waals surface area contributed by atoms with E-state index in [0.717, 1.165) is 47.3 Å². The van der Waals surface area contributed by atoms with Crippen LogP contribution in [0, 0.1) is 6.92 Å². The van der Waals surface area contributed by atoms with Crippen LogP contribution in [0.4, 0.5) is 5.82 Å². The molecular formula is C22H26N4O2S. The standard InChI is InChI=1S/C22H26N4O2S/c1-14-18-20(26-17-10-5-8-15-7-3-4-9-16(15)17)24-13-25-22(18)29-19(14)21(27)23-11-6-12-28-2/h3-4,7,9,13,17H,5-6,8,10-12H2,1-2H3,(H,23,27)(H,24,25,26)/t17-/m0/s1. The molecule has 2 aromatic heterocycles. The van der Waals surface area contributed by atoms with E-state index in [4.69, 9.17) is 4.74 Å². The molecule has 1 atom stereocenters. The fourth-order valence-corrected chi connectivity index (χ4v) is 5.03. The smallest absolute Gasteiger partial charge is 0.261 e. The van der Waals surface area contributed by atoms with Crippen molar-refractivity contribution in [2.45, 2.75) is 38.6 Å². The summed E-state index contributed by atoms with van der Waals surface area (Å²) in [6.45, 7) is 3.20. The summed E-state index contributed by atoms with van der Waals surface area (Å²) >= 11 is 1.42. The van der Waals surface area contributed by atoms with Crippen molar-refractivity contribution in [1.29, 1.82) is 0 Å². The molecule has 2 N–H and O–H groups in total. The van der Waals surface area contributed by atoms with Crippen molar-refractivity contribution in [3.8, 4) is 0 Å². The molecule has 0 radical (unpaired) electrons. The first kappa shape index (κ1) is 19.8. The first-order chi connectivity index (χ1) is 14.2. The number of methoxy groups -OCH3 is 1. The monoisotopic (exact) mass is 410 g/mol.